The minimum atomic E-state index is 0.326. The summed E-state index contributed by atoms with van der Waals surface area (Å²) < 4.78 is 0.921. The first kappa shape index (κ1) is 13.3. The van der Waals surface area contributed by atoms with Gasteiger partial charge in [0.2, 0.25) is 0 Å². The Kier molecular flexibility index (Phi) is 5.29. The topological polar surface area (TPSA) is 32.3 Å². The van der Waals surface area contributed by atoms with Gasteiger partial charge in [0, 0.05) is 17.5 Å². The Balaban J connectivity index is 1.67. The van der Waals surface area contributed by atoms with Crippen molar-refractivity contribution < 1.29 is 5.11 Å². The molecule has 0 bridgehead atoms. The van der Waals surface area contributed by atoms with Crippen LogP contribution in [0.4, 0.5) is 0 Å². The third-order valence-corrected chi connectivity index (χ3v) is 4.66. The molecule has 2 nitrogen and oxygen atoms in total. The van der Waals surface area contributed by atoms with E-state index in [1.54, 1.807) is 11.3 Å². The van der Waals surface area contributed by atoms with Crippen LogP contribution in [0.25, 0.3) is 0 Å². The van der Waals surface area contributed by atoms with Crippen LogP contribution in [0.2, 0.25) is 4.34 Å². The Morgan fingerprint density at radius 2 is 2.18 bits per heavy atom. The molecule has 0 saturated carbocycles. The first-order chi connectivity index (χ1) is 8.31. The van der Waals surface area contributed by atoms with Crippen LogP contribution in [0.15, 0.2) is 6.07 Å². The molecule has 1 aliphatic rings. The summed E-state index contributed by atoms with van der Waals surface area (Å²) in [5, 5.41) is 12.3. The lowest BCUT2D eigenvalue weighted by Gasteiger charge is -2.12. The monoisotopic (exact) mass is 273 g/mol. The van der Waals surface area contributed by atoms with Gasteiger partial charge in [-0.25, -0.2) is 0 Å². The van der Waals surface area contributed by atoms with Gasteiger partial charge in [-0.1, -0.05) is 24.4 Å². The summed E-state index contributed by atoms with van der Waals surface area (Å²) >= 11 is 7.76. The van der Waals surface area contributed by atoms with Crippen LogP contribution in [-0.4, -0.2) is 18.3 Å². The van der Waals surface area contributed by atoms with E-state index in [9.17, 15) is 0 Å². The molecule has 0 radical (unpaired) electrons. The smallest absolute Gasteiger partial charge is 0.0934 e. The highest BCUT2D eigenvalue weighted by molar-refractivity contribution is 7.16. The summed E-state index contributed by atoms with van der Waals surface area (Å²) in [5.74, 6) is 0. The van der Waals surface area contributed by atoms with Gasteiger partial charge < -0.3 is 10.4 Å². The fraction of sp³-hybridized carbons (Fsp3) is 0.692. The zero-order valence-electron chi connectivity index (χ0n) is 10.0. The van der Waals surface area contributed by atoms with Crippen LogP contribution in [-0.2, 0) is 6.42 Å². The van der Waals surface area contributed by atoms with E-state index >= 15 is 0 Å². The van der Waals surface area contributed by atoms with Crippen LogP contribution in [0.1, 0.15) is 48.6 Å². The zero-order valence-corrected chi connectivity index (χ0v) is 11.6. The number of halogens is 1. The highest BCUT2D eigenvalue weighted by Gasteiger charge is 2.24. The molecule has 2 N–H and O–H groups in total. The molecule has 0 spiro atoms. The molecule has 1 heterocycles. The Bertz CT molecular complexity index is 353. The summed E-state index contributed by atoms with van der Waals surface area (Å²) in [6.45, 7) is 1.40. The second-order valence-corrected chi connectivity index (χ2v) is 6.38. The van der Waals surface area contributed by atoms with Gasteiger partial charge in [-0.15, -0.1) is 11.3 Å². The lowest BCUT2D eigenvalue weighted by molar-refractivity contribution is 0.282. The molecule has 1 aromatic rings. The van der Waals surface area contributed by atoms with Crippen molar-refractivity contribution in [3.63, 3.8) is 0 Å². The number of unbranched alkanes of at least 4 members (excludes halogenated alkanes) is 3. The predicted molar refractivity (Wildman–Crippen MR) is 73.9 cm³/mol. The molecular formula is C13H20ClNOS. The number of rotatable bonds is 7. The van der Waals surface area contributed by atoms with Gasteiger partial charge in [0.25, 0.3) is 0 Å². The number of thiophene rings is 1. The van der Waals surface area contributed by atoms with E-state index < -0.39 is 0 Å². The summed E-state index contributed by atoms with van der Waals surface area (Å²) in [5.41, 5.74) is 1.43. The molecule has 4 heteroatoms. The van der Waals surface area contributed by atoms with Crippen LogP contribution in [0.3, 0.4) is 0 Å². The number of fused-ring (bicyclic) bond motifs is 1. The molecule has 1 aromatic heterocycles. The Hall–Kier alpha value is -0.0900. The normalized spacial score (nSPS) is 18.6. The molecule has 1 unspecified atom stereocenters. The predicted octanol–water partition coefficient (Wildman–Crippen LogP) is 3.53. The first-order valence-electron chi connectivity index (χ1n) is 6.43. The Labute approximate surface area is 112 Å². The minimum Gasteiger partial charge on any atom is -0.396 e. The molecule has 0 fully saturated rings. The van der Waals surface area contributed by atoms with Crippen LogP contribution in [0.5, 0.6) is 0 Å². The number of aryl methyl sites for hydroxylation is 1. The van der Waals surface area contributed by atoms with E-state index in [0.29, 0.717) is 12.6 Å². The van der Waals surface area contributed by atoms with Crippen molar-refractivity contribution in [2.24, 2.45) is 0 Å². The second-order valence-electron chi connectivity index (χ2n) is 4.61. The van der Waals surface area contributed by atoms with E-state index in [1.165, 1.54) is 36.1 Å². The second kappa shape index (κ2) is 6.74. The Morgan fingerprint density at radius 1 is 1.35 bits per heavy atom. The third-order valence-electron chi connectivity index (χ3n) is 3.32. The van der Waals surface area contributed by atoms with Gasteiger partial charge >= 0.3 is 0 Å². The average Bonchev–Trinajstić information content (AvgIpc) is 2.83. The molecular weight excluding hydrogens is 254 g/mol. The quantitative estimate of drug-likeness (QED) is 0.745. The van der Waals surface area contributed by atoms with Gasteiger partial charge in [0.1, 0.15) is 0 Å². The fourth-order valence-corrected chi connectivity index (χ4v) is 3.77. The van der Waals surface area contributed by atoms with Crippen LogP contribution < -0.4 is 5.32 Å². The average molecular weight is 274 g/mol. The standard InChI is InChI=1S/C13H20ClNOS/c14-13-9-10-11(5-6-12(10)17-13)15-7-3-1-2-4-8-16/h9,11,15-16H,1-8H2. The van der Waals surface area contributed by atoms with Crippen molar-refractivity contribution in [1.29, 1.82) is 0 Å². The number of aliphatic hydroxyl groups is 1. The number of nitrogens with one attached hydrogen (secondary N) is 1. The van der Waals surface area contributed by atoms with Crippen molar-refractivity contribution >= 4 is 22.9 Å². The van der Waals surface area contributed by atoms with Crippen molar-refractivity contribution in [3.05, 3.63) is 20.8 Å². The van der Waals surface area contributed by atoms with Gasteiger partial charge in [-0.05, 0) is 43.9 Å². The van der Waals surface area contributed by atoms with Crippen molar-refractivity contribution in [1.82, 2.24) is 5.32 Å². The lowest BCUT2D eigenvalue weighted by atomic mass is 10.1. The SMILES string of the molecule is OCCCCCCNC1CCc2sc(Cl)cc21. The minimum absolute atomic E-state index is 0.326. The van der Waals surface area contributed by atoms with E-state index in [4.69, 9.17) is 16.7 Å². The molecule has 96 valence electrons. The fourth-order valence-electron chi connectivity index (χ4n) is 2.41. The maximum absolute atomic E-state index is 8.68. The van der Waals surface area contributed by atoms with E-state index in [-0.39, 0.29) is 0 Å². The lowest BCUT2D eigenvalue weighted by Crippen LogP contribution is -2.20. The zero-order chi connectivity index (χ0) is 12.1. The number of hydrogen-bond acceptors (Lipinski definition) is 3. The van der Waals surface area contributed by atoms with Crippen molar-refractivity contribution in [3.8, 4) is 0 Å². The van der Waals surface area contributed by atoms with Gasteiger partial charge in [-0.2, -0.15) is 0 Å². The summed E-state index contributed by atoms with van der Waals surface area (Å²) in [6.07, 6.45) is 6.87. The maximum atomic E-state index is 8.68. The van der Waals surface area contributed by atoms with E-state index in [0.717, 1.165) is 23.7 Å². The molecule has 0 saturated heterocycles. The first-order valence-corrected chi connectivity index (χ1v) is 7.63. The number of hydrogen-bond donors (Lipinski definition) is 2. The summed E-state index contributed by atoms with van der Waals surface area (Å²) in [6, 6.07) is 2.64. The van der Waals surface area contributed by atoms with E-state index in [1.807, 2.05) is 0 Å². The molecule has 1 atom stereocenters. The van der Waals surface area contributed by atoms with Crippen LogP contribution in [0, 0.1) is 0 Å². The molecule has 0 aliphatic heterocycles. The molecule has 2 rings (SSSR count). The largest absolute Gasteiger partial charge is 0.396 e. The highest BCUT2D eigenvalue weighted by Crippen LogP contribution is 2.39. The van der Waals surface area contributed by atoms with Crippen molar-refractivity contribution in [2.45, 2.75) is 44.6 Å². The van der Waals surface area contributed by atoms with E-state index in [2.05, 4.69) is 11.4 Å². The van der Waals surface area contributed by atoms with Gasteiger partial charge in [0.15, 0.2) is 0 Å². The van der Waals surface area contributed by atoms with Crippen LogP contribution >= 0.6 is 22.9 Å². The third kappa shape index (κ3) is 3.68. The molecule has 0 aromatic carbocycles. The van der Waals surface area contributed by atoms with Gasteiger partial charge in [-0.3, -0.25) is 0 Å². The highest BCUT2D eigenvalue weighted by atomic mass is 35.5. The van der Waals surface area contributed by atoms with Gasteiger partial charge in [0.05, 0.1) is 4.34 Å². The van der Waals surface area contributed by atoms with Crippen molar-refractivity contribution in [2.75, 3.05) is 13.2 Å². The molecule has 0 amide bonds. The number of aliphatic hydroxyl groups excluding tert-OH is 1. The maximum Gasteiger partial charge on any atom is 0.0934 e. The summed E-state index contributed by atoms with van der Waals surface area (Å²) in [7, 11) is 0. The summed E-state index contributed by atoms with van der Waals surface area (Å²) in [4.78, 5) is 1.47. The Morgan fingerprint density at radius 3 is 3.00 bits per heavy atom. The molecule has 17 heavy (non-hydrogen) atoms. The molecule has 1 aliphatic carbocycles.